The fourth-order valence-electron chi connectivity index (χ4n) is 3.25. The first-order valence-corrected chi connectivity index (χ1v) is 11.8. The molecule has 1 aromatic rings. The molecule has 11 heteroatoms. The number of carbonyl (C=O) groups is 5. The molecule has 11 nitrogen and oxygen atoms in total. The average molecular weight is 517 g/mol. The number of carbonyl (C=O) groups excluding carboxylic acids is 5. The van der Waals surface area contributed by atoms with Crippen molar-refractivity contribution >= 4 is 29.8 Å². The third-order valence-corrected chi connectivity index (χ3v) is 5.06. The van der Waals surface area contributed by atoms with Gasteiger partial charge in [-0.25, -0.2) is 4.79 Å². The molecule has 4 amide bonds. The van der Waals surface area contributed by atoms with Crippen LogP contribution in [0.15, 0.2) is 18.2 Å². The highest BCUT2D eigenvalue weighted by atomic mass is 16.6. The van der Waals surface area contributed by atoms with Gasteiger partial charge in [-0.15, -0.1) is 0 Å². The Balaban J connectivity index is 3.35. The van der Waals surface area contributed by atoms with Crippen molar-refractivity contribution in [2.45, 2.75) is 72.1 Å². The van der Waals surface area contributed by atoms with Gasteiger partial charge >= 0.3 is 12.1 Å². The van der Waals surface area contributed by atoms with E-state index >= 15 is 0 Å². The van der Waals surface area contributed by atoms with E-state index < -0.39 is 53.9 Å². The molecule has 0 bridgehead atoms. The van der Waals surface area contributed by atoms with Crippen molar-refractivity contribution in [1.29, 1.82) is 0 Å². The molecule has 0 spiro atoms. The number of amides is 4. The Kier molecular flexibility index (Phi) is 11.6. The van der Waals surface area contributed by atoms with E-state index in [9.17, 15) is 24.0 Å². The van der Waals surface area contributed by atoms with E-state index in [0.29, 0.717) is 5.56 Å². The first-order chi connectivity index (χ1) is 17.2. The molecule has 2 atom stereocenters. The van der Waals surface area contributed by atoms with Gasteiger partial charge in [0.25, 0.3) is 5.91 Å². The Labute approximate surface area is 217 Å². The molecular formula is C26H36N4O7. The maximum absolute atomic E-state index is 13.5. The summed E-state index contributed by atoms with van der Waals surface area (Å²) in [6.07, 6.45) is 4.04. The Morgan fingerprint density at radius 2 is 1.78 bits per heavy atom. The minimum absolute atomic E-state index is 0.0630. The summed E-state index contributed by atoms with van der Waals surface area (Å²) < 4.78 is 10.0. The smallest absolute Gasteiger partial charge is 0.408 e. The molecule has 0 saturated carbocycles. The number of nitrogens with one attached hydrogen (secondary N) is 2. The number of rotatable bonds is 11. The lowest BCUT2D eigenvalue weighted by Crippen LogP contribution is -2.52. The van der Waals surface area contributed by atoms with Gasteiger partial charge in [0.15, 0.2) is 0 Å². The predicted molar refractivity (Wildman–Crippen MR) is 136 cm³/mol. The summed E-state index contributed by atoms with van der Waals surface area (Å²) in [6.45, 7) is 10.4. The van der Waals surface area contributed by atoms with Crippen molar-refractivity contribution in [3.05, 3.63) is 34.9 Å². The summed E-state index contributed by atoms with van der Waals surface area (Å²) in [4.78, 5) is 63.3. The van der Waals surface area contributed by atoms with Crippen molar-refractivity contribution < 1.29 is 33.4 Å². The summed E-state index contributed by atoms with van der Waals surface area (Å²) in [6, 6.07) is 4.47. The maximum atomic E-state index is 13.5. The fourth-order valence-corrected chi connectivity index (χ4v) is 3.25. The minimum Gasteiger partial charge on any atom is -0.466 e. The van der Waals surface area contributed by atoms with E-state index in [0.717, 1.165) is 16.0 Å². The fraction of sp³-hybridized carbons (Fsp3) is 0.500. The number of esters is 1. The van der Waals surface area contributed by atoms with Crippen LogP contribution in [0.2, 0.25) is 0 Å². The topological polar surface area (TPSA) is 157 Å². The summed E-state index contributed by atoms with van der Waals surface area (Å²) in [5.74, 6) is -2.98. The van der Waals surface area contributed by atoms with E-state index in [1.54, 1.807) is 45.9 Å². The number of nitrogens with zero attached hydrogens (tertiary/aromatic N) is 1. The molecule has 1 aromatic carbocycles. The monoisotopic (exact) mass is 516 g/mol. The van der Waals surface area contributed by atoms with Gasteiger partial charge in [-0.05, 0) is 58.2 Å². The first kappa shape index (κ1) is 31.0. The molecule has 1 rings (SSSR count). The lowest BCUT2D eigenvalue weighted by atomic mass is 9.98. The van der Waals surface area contributed by atoms with Crippen LogP contribution in [0.25, 0.3) is 0 Å². The summed E-state index contributed by atoms with van der Waals surface area (Å²) in [5, 5.41) is 4.91. The number of nitrogens with two attached hydrogens (primary N) is 1. The van der Waals surface area contributed by atoms with Crippen LogP contribution in [0.1, 0.15) is 63.3 Å². The number of hydrogen-bond donors (Lipinski definition) is 3. The third-order valence-electron chi connectivity index (χ3n) is 5.06. The van der Waals surface area contributed by atoms with Gasteiger partial charge in [0.2, 0.25) is 11.8 Å². The van der Waals surface area contributed by atoms with Gasteiger partial charge in [-0.2, -0.15) is 0 Å². The SMILES string of the molecule is C#CN(C(=O)C(CC(N)=O)NC(=O)OC(C)(C)C)C(C(=O)NCCC(=O)OCC)c1ccc(C)c(C)c1. The third kappa shape index (κ3) is 10.2. The lowest BCUT2D eigenvalue weighted by Gasteiger charge is -2.30. The van der Waals surface area contributed by atoms with Gasteiger partial charge < -0.3 is 25.8 Å². The van der Waals surface area contributed by atoms with E-state index in [1.807, 2.05) is 13.8 Å². The van der Waals surface area contributed by atoms with Crippen LogP contribution in [0.4, 0.5) is 4.79 Å². The minimum atomic E-state index is -1.50. The van der Waals surface area contributed by atoms with Crippen molar-refractivity contribution in [2.75, 3.05) is 13.2 Å². The molecular weight excluding hydrogens is 480 g/mol. The van der Waals surface area contributed by atoms with Gasteiger partial charge in [0, 0.05) is 12.6 Å². The Bertz CT molecular complexity index is 1060. The number of ether oxygens (including phenoxy) is 2. The zero-order valence-corrected chi connectivity index (χ0v) is 22.2. The Morgan fingerprint density at radius 3 is 2.30 bits per heavy atom. The molecule has 0 aliphatic rings. The van der Waals surface area contributed by atoms with Crippen molar-refractivity contribution in [3.8, 4) is 12.5 Å². The highest BCUT2D eigenvalue weighted by Gasteiger charge is 2.36. The second-order valence-electron chi connectivity index (χ2n) is 9.30. The van der Waals surface area contributed by atoms with Gasteiger partial charge in [-0.1, -0.05) is 24.6 Å². The van der Waals surface area contributed by atoms with Crippen LogP contribution in [-0.2, 0) is 28.7 Å². The van der Waals surface area contributed by atoms with E-state index in [1.165, 1.54) is 0 Å². The van der Waals surface area contributed by atoms with Crippen molar-refractivity contribution in [3.63, 3.8) is 0 Å². The summed E-state index contributed by atoms with van der Waals surface area (Å²) >= 11 is 0. The standard InChI is InChI=1S/C26H36N4O7/c1-8-30(24(34)19(15-20(27)31)29-25(35)37-26(5,6)7)22(18-11-10-16(3)17(4)14-18)23(33)28-13-12-21(32)36-9-2/h1,10-11,14,19,22H,9,12-13,15H2,2-7H3,(H2,27,31)(H,28,33)(H,29,35). The van der Waals surface area contributed by atoms with Crippen LogP contribution in [-0.4, -0.2) is 59.5 Å². The van der Waals surface area contributed by atoms with Crippen LogP contribution < -0.4 is 16.4 Å². The molecule has 4 N–H and O–H groups in total. The highest BCUT2D eigenvalue weighted by molar-refractivity contribution is 5.95. The average Bonchev–Trinajstić information content (AvgIpc) is 2.77. The molecule has 0 saturated heterocycles. The predicted octanol–water partition coefficient (Wildman–Crippen LogP) is 1.60. The van der Waals surface area contributed by atoms with E-state index in [2.05, 4.69) is 16.7 Å². The first-order valence-electron chi connectivity index (χ1n) is 11.8. The maximum Gasteiger partial charge on any atom is 0.408 e. The number of hydrogen-bond acceptors (Lipinski definition) is 7. The summed E-state index contributed by atoms with van der Waals surface area (Å²) in [5.41, 5.74) is 6.60. The normalized spacial score (nSPS) is 12.4. The number of terminal acetylenes is 1. The lowest BCUT2D eigenvalue weighted by molar-refractivity contribution is -0.143. The number of benzene rings is 1. The largest absolute Gasteiger partial charge is 0.466 e. The molecule has 0 aromatic heterocycles. The van der Waals surface area contributed by atoms with Crippen molar-refractivity contribution in [1.82, 2.24) is 15.5 Å². The van der Waals surface area contributed by atoms with E-state index in [-0.39, 0.29) is 19.6 Å². The van der Waals surface area contributed by atoms with E-state index in [4.69, 9.17) is 21.6 Å². The van der Waals surface area contributed by atoms with Gasteiger partial charge in [0.05, 0.1) is 19.4 Å². The second-order valence-corrected chi connectivity index (χ2v) is 9.30. The molecule has 2 unspecified atom stereocenters. The quantitative estimate of drug-likeness (QED) is 0.229. The van der Waals surface area contributed by atoms with Crippen LogP contribution in [0.3, 0.4) is 0 Å². The van der Waals surface area contributed by atoms with Crippen molar-refractivity contribution in [2.24, 2.45) is 5.73 Å². The van der Waals surface area contributed by atoms with Gasteiger partial charge in [-0.3, -0.25) is 24.1 Å². The zero-order valence-electron chi connectivity index (χ0n) is 22.2. The molecule has 0 fully saturated rings. The molecule has 0 aliphatic carbocycles. The van der Waals surface area contributed by atoms with Gasteiger partial charge in [0.1, 0.15) is 17.7 Å². The number of aryl methyl sites for hydroxylation is 2. The highest BCUT2D eigenvalue weighted by Crippen LogP contribution is 2.24. The molecule has 0 aliphatic heterocycles. The van der Waals surface area contributed by atoms with Crippen LogP contribution in [0.5, 0.6) is 0 Å². The summed E-state index contributed by atoms with van der Waals surface area (Å²) in [7, 11) is 0. The number of primary amides is 1. The molecule has 37 heavy (non-hydrogen) atoms. The van der Waals surface area contributed by atoms with Crippen LogP contribution in [0, 0.1) is 26.3 Å². The Morgan fingerprint density at radius 1 is 1.14 bits per heavy atom. The molecule has 202 valence electrons. The second kappa shape index (κ2) is 13.9. The zero-order chi connectivity index (χ0) is 28.3. The Hall–Kier alpha value is -4.07. The van der Waals surface area contributed by atoms with Crippen LogP contribution >= 0.6 is 0 Å². The molecule has 0 heterocycles. The number of alkyl carbamates (subject to hydrolysis) is 1. The molecule has 0 radical (unpaired) electrons.